The van der Waals surface area contributed by atoms with Gasteiger partial charge in [0.1, 0.15) is 6.07 Å². The summed E-state index contributed by atoms with van der Waals surface area (Å²) >= 11 is 7.38. The minimum absolute atomic E-state index is 0.0383. The number of nitrogens with one attached hydrogen (secondary N) is 1. The van der Waals surface area contributed by atoms with Crippen molar-refractivity contribution in [3.05, 3.63) is 129 Å². The maximum Gasteiger partial charge on any atom is 0.340 e. The molecule has 0 fully saturated rings. The third-order valence-corrected chi connectivity index (χ3v) is 6.79. The highest BCUT2D eigenvalue weighted by Crippen LogP contribution is 2.34. The van der Waals surface area contributed by atoms with Gasteiger partial charge in [0, 0.05) is 27.5 Å². The fourth-order valence-corrected chi connectivity index (χ4v) is 4.72. The number of hydrogen-bond donors (Lipinski definition) is 1. The van der Waals surface area contributed by atoms with Crippen LogP contribution >= 0.6 is 23.4 Å². The van der Waals surface area contributed by atoms with Crippen LogP contribution in [0.3, 0.4) is 0 Å². The summed E-state index contributed by atoms with van der Waals surface area (Å²) in [6, 6.07) is 27.9. The predicted octanol–water partition coefficient (Wildman–Crippen LogP) is 6.81. The average molecular weight is 544 g/mol. The van der Waals surface area contributed by atoms with Crippen LogP contribution in [-0.4, -0.2) is 16.8 Å². The standard InChI is InChI=1S/C28H18ClN3O5S/c29-22-16-20(32(35)36)14-15-23(22)31-27(33)26(18-8-2-1-3-9-18)37-28(34)21-11-5-7-13-25(21)38-24-12-6-4-10-19(24)17-30/h1-16,26H,(H,31,33)/t26-/m0/s1. The van der Waals surface area contributed by atoms with Gasteiger partial charge in [-0.05, 0) is 30.3 Å². The lowest BCUT2D eigenvalue weighted by atomic mass is 10.1. The van der Waals surface area contributed by atoms with Gasteiger partial charge in [0.25, 0.3) is 11.6 Å². The molecule has 4 aromatic rings. The summed E-state index contributed by atoms with van der Waals surface area (Å²) < 4.78 is 5.71. The highest BCUT2D eigenvalue weighted by Gasteiger charge is 2.28. The molecule has 0 unspecified atom stereocenters. The second-order valence-electron chi connectivity index (χ2n) is 7.81. The molecular formula is C28H18ClN3O5S. The van der Waals surface area contributed by atoms with Crippen molar-refractivity contribution in [2.75, 3.05) is 5.32 Å². The van der Waals surface area contributed by atoms with Crippen LogP contribution in [0.2, 0.25) is 5.02 Å². The summed E-state index contributed by atoms with van der Waals surface area (Å²) in [6.07, 6.45) is -1.35. The number of carbonyl (C=O) groups is 2. The summed E-state index contributed by atoms with van der Waals surface area (Å²) in [6.45, 7) is 0. The van der Waals surface area contributed by atoms with Crippen LogP contribution in [0.25, 0.3) is 0 Å². The van der Waals surface area contributed by atoms with E-state index in [0.717, 1.165) is 6.07 Å². The zero-order valence-electron chi connectivity index (χ0n) is 19.5. The summed E-state index contributed by atoms with van der Waals surface area (Å²) in [4.78, 5) is 38.3. The lowest BCUT2D eigenvalue weighted by Gasteiger charge is -2.19. The first kappa shape index (κ1) is 26.4. The molecular weight excluding hydrogens is 526 g/mol. The molecule has 0 aromatic heterocycles. The summed E-state index contributed by atoms with van der Waals surface area (Å²) in [5, 5.41) is 23.0. The Balaban J connectivity index is 1.62. The van der Waals surface area contributed by atoms with Gasteiger partial charge in [-0.1, -0.05) is 78.0 Å². The van der Waals surface area contributed by atoms with E-state index < -0.39 is 22.9 Å². The fourth-order valence-electron chi connectivity index (χ4n) is 3.48. The third-order valence-electron chi connectivity index (χ3n) is 5.32. The number of benzene rings is 4. The van der Waals surface area contributed by atoms with E-state index in [0.29, 0.717) is 20.9 Å². The fraction of sp³-hybridized carbons (Fsp3) is 0.0357. The number of nitro groups is 1. The highest BCUT2D eigenvalue weighted by molar-refractivity contribution is 7.99. The maximum absolute atomic E-state index is 13.4. The van der Waals surface area contributed by atoms with Crippen molar-refractivity contribution in [1.29, 1.82) is 5.26 Å². The molecule has 4 rings (SSSR count). The number of hydrogen-bond acceptors (Lipinski definition) is 7. The van der Waals surface area contributed by atoms with Crippen molar-refractivity contribution in [3.63, 3.8) is 0 Å². The Morgan fingerprint density at radius 3 is 2.29 bits per heavy atom. The number of nitriles is 1. The van der Waals surface area contributed by atoms with Crippen LogP contribution in [0.5, 0.6) is 0 Å². The predicted molar refractivity (Wildman–Crippen MR) is 143 cm³/mol. The van der Waals surface area contributed by atoms with E-state index in [4.69, 9.17) is 16.3 Å². The largest absolute Gasteiger partial charge is 0.444 e. The van der Waals surface area contributed by atoms with Crippen molar-refractivity contribution < 1.29 is 19.2 Å². The topological polar surface area (TPSA) is 122 Å². The molecule has 38 heavy (non-hydrogen) atoms. The Morgan fingerprint density at radius 2 is 1.61 bits per heavy atom. The SMILES string of the molecule is N#Cc1ccccc1Sc1ccccc1C(=O)O[C@H](C(=O)Nc1ccc([N+](=O)[O-])cc1Cl)c1ccccc1. The Labute approximate surface area is 227 Å². The van der Waals surface area contributed by atoms with Crippen LogP contribution in [-0.2, 0) is 9.53 Å². The number of non-ortho nitro benzene ring substituents is 1. The molecule has 8 nitrogen and oxygen atoms in total. The van der Waals surface area contributed by atoms with Crippen LogP contribution < -0.4 is 5.32 Å². The van der Waals surface area contributed by atoms with Gasteiger partial charge in [0.05, 0.1) is 26.8 Å². The molecule has 0 aliphatic rings. The van der Waals surface area contributed by atoms with Gasteiger partial charge >= 0.3 is 5.97 Å². The van der Waals surface area contributed by atoms with Gasteiger partial charge in [-0.15, -0.1) is 0 Å². The molecule has 0 saturated heterocycles. The molecule has 0 aliphatic carbocycles. The number of amides is 1. The molecule has 188 valence electrons. The molecule has 0 aliphatic heterocycles. The second kappa shape index (κ2) is 12.1. The first-order chi connectivity index (χ1) is 18.4. The summed E-state index contributed by atoms with van der Waals surface area (Å²) in [5.74, 6) is -1.44. The minimum Gasteiger partial charge on any atom is -0.444 e. The van der Waals surface area contributed by atoms with Gasteiger partial charge < -0.3 is 10.1 Å². The molecule has 4 aromatic carbocycles. The van der Waals surface area contributed by atoms with E-state index >= 15 is 0 Å². The van der Waals surface area contributed by atoms with Gasteiger partial charge in [-0.3, -0.25) is 14.9 Å². The monoisotopic (exact) mass is 543 g/mol. The normalized spacial score (nSPS) is 11.2. The number of ether oxygens (including phenoxy) is 1. The number of nitrogens with zero attached hydrogens (tertiary/aromatic N) is 2. The Bertz CT molecular complexity index is 1560. The van der Waals surface area contributed by atoms with E-state index in [1.165, 1.54) is 23.9 Å². The first-order valence-electron chi connectivity index (χ1n) is 11.1. The second-order valence-corrected chi connectivity index (χ2v) is 9.30. The lowest BCUT2D eigenvalue weighted by Crippen LogP contribution is -2.26. The number of halogens is 1. The molecule has 10 heteroatoms. The zero-order valence-corrected chi connectivity index (χ0v) is 21.1. The van der Waals surface area contributed by atoms with Crippen molar-refractivity contribution in [2.24, 2.45) is 0 Å². The maximum atomic E-state index is 13.4. The van der Waals surface area contributed by atoms with E-state index in [1.54, 1.807) is 78.9 Å². The molecule has 0 bridgehead atoms. The quantitative estimate of drug-likeness (QED) is 0.147. The molecule has 0 radical (unpaired) electrons. The highest BCUT2D eigenvalue weighted by atomic mass is 35.5. The van der Waals surface area contributed by atoms with E-state index in [1.807, 2.05) is 0 Å². The number of rotatable bonds is 8. The summed E-state index contributed by atoms with van der Waals surface area (Å²) in [7, 11) is 0. The van der Waals surface area contributed by atoms with Crippen LogP contribution in [0.4, 0.5) is 11.4 Å². The number of nitro benzene ring substituents is 1. The van der Waals surface area contributed by atoms with Crippen molar-refractivity contribution in [1.82, 2.24) is 0 Å². The van der Waals surface area contributed by atoms with Crippen LogP contribution in [0.1, 0.15) is 27.6 Å². The minimum atomic E-state index is -1.35. The number of esters is 1. The van der Waals surface area contributed by atoms with Crippen LogP contribution in [0.15, 0.2) is 107 Å². The Kier molecular flexibility index (Phi) is 8.38. The first-order valence-corrected chi connectivity index (χ1v) is 12.3. The van der Waals surface area contributed by atoms with Gasteiger partial charge in [0.15, 0.2) is 0 Å². The van der Waals surface area contributed by atoms with Crippen molar-refractivity contribution >= 4 is 46.6 Å². The van der Waals surface area contributed by atoms with Gasteiger partial charge in [0.2, 0.25) is 6.10 Å². The molecule has 1 amide bonds. The Hall–Kier alpha value is -4.65. The third kappa shape index (κ3) is 6.18. The average Bonchev–Trinajstić information content (AvgIpc) is 2.93. The van der Waals surface area contributed by atoms with Gasteiger partial charge in [-0.25, -0.2) is 4.79 Å². The molecule has 0 saturated carbocycles. The van der Waals surface area contributed by atoms with E-state index in [2.05, 4.69) is 11.4 Å². The molecule has 1 N–H and O–H groups in total. The Morgan fingerprint density at radius 1 is 0.947 bits per heavy atom. The number of carbonyl (C=O) groups excluding carboxylic acids is 2. The van der Waals surface area contributed by atoms with Gasteiger partial charge in [-0.2, -0.15) is 5.26 Å². The van der Waals surface area contributed by atoms with Crippen molar-refractivity contribution in [3.8, 4) is 6.07 Å². The zero-order chi connectivity index (χ0) is 27.1. The van der Waals surface area contributed by atoms with Crippen LogP contribution in [0, 0.1) is 21.4 Å². The van der Waals surface area contributed by atoms with E-state index in [9.17, 15) is 25.0 Å². The smallest absolute Gasteiger partial charge is 0.340 e. The lowest BCUT2D eigenvalue weighted by molar-refractivity contribution is -0.384. The summed E-state index contributed by atoms with van der Waals surface area (Å²) in [5.41, 5.74) is 0.986. The molecule has 0 heterocycles. The van der Waals surface area contributed by atoms with E-state index in [-0.39, 0.29) is 22.0 Å². The number of anilines is 1. The molecule has 1 atom stereocenters. The molecule has 0 spiro atoms. The van der Waals surface area contributed by atoms with Crippen molar-refractivity contribution in [2.45, 2.75) is 15.9 Å².